The first-order chi connectivity index (χ1) is 5.77. The molecule has 2 unspecified atom stereocenters. The summed E-state index contributed by atoms with van der Waals surface area (Å²) in [6.45, 7) is 0. The van der Waals surface area contributed by atoms with Gasteiger partial charge in [0, 0.05) is 5.92 Å². The van der Waals surface area contributed by atoms with Gasteiger partial charge in [0.05, 0.1) is 19.1 Å². The van der Waals surface area contributed by atoms with Gasteiger partial charge in [-0.15, -0.1) is 0 Å². The second-order valence-electron chi connectivity index (χ2n) is 3.21. The maximum absolute atomic E-state index is 11.1. The Balaban J connectivity index is 2.47. The molecule has 0 N–H and O–H groups in total. The van der Waals surface area contributed by atoms with Crippen molar-refractivity contribution < 1.29 is 9.53 Å². The summed E-state index contributed by atoms with van der Waals surface area (Å²) in [6, 6.07) is 2.21. The average molecular weight is 167 g/mol. The maximum atomic E-state index is 11.1. The highest BCUT2D eigenvalue weighted by Crippen LogP contribution is 2.28. The van der Waals surface area contributed by atoms with Crippen LogP contribution >= 0.6 is 0 Å². The van der Waals surface area contributed by atoms with Gasteiger partial charge < -0.3 is 4.74 Å². The van der Waals surface area contributed by atoms with Gasteiger partial charge in [-0.1, -0.05) is 6.42 Å². The van der Waals surface area contributed by atoms with E-state index >= 15 is 0 Å². The first kappa shape index (κ1) is 9.05. The second kappa shape index (κ2) is 4.10. The summed E-state index contributed by atoms with van der Waals surface area (Å²) in [5.74, 6) is -0.133. The van der Waals surface area contributed by atoms with Crippen molar-refractivity contribution in [2.75, 3.05) is 7.11 Å². The summed E-state index contributed by atoms with van der Waals surface area (Å²) in [5.41, 5.74) is 0. The van der Waals surface area contributed by atoms with Crippen LogP contribution in [0.4, 0.5) is 0 Å². The van der Waals surface area contributed by atoms with Crippen LogP contribution in [0.5, 0.6) is 0 Å². The van der Waals surface area contributed by atoms with E-state index in [9.17, 15) is 4.79 Å². The number of carbonyl (C=O) groups is 1. The fraction of sp³-hybridized carbons (Fsp3) is 0.778. The lowest BCUT2D eigenvalue weighted by Gasteiger charge is -2.22. The van der Waals surface area contributed by atoms with E-state index in [0.29, 0.717) is 6.42 Å². The van der Waals surface area contributed by atoms with Gasteiger partial charge in [-0.05, 0) is 19.3 Å². The van der Waals surface area contributed by atoms with Crippen molar-refractivity contribution in [1.29, 1.82) is 5.26 Å². The van der Waals surface area contributed by atoms with Gasteiger partial charge in [-0.25, -0.2) is 0 Å². The third kappa shape index (κ3) is 1.97. The molecule has 2 atom stereocenters. The number of esters is 1. The fourth-order valence-corrected chi connectivity index (χ4v) is 1.69. The van der Waals surface area contributed by atoms with Crippen LogP contribution in [0.3, 0.4) is 0 Å². The molecule has 0 aromatic heterocycles. The topological polar surface area (TPSA) is 50.1 Å². The molecule has 0 aromatic carbocycles. The molecule has 0 aromatic rings. The third-order valence-electron chi connectivity index (χ3n) is 2.39. The molecule has 0 radical (unpaired) electrons. The van der Waals surface area contributed by atoms with Crippen molar-refractivity contribution >= 4 is 5.97 Å². The minimum atomic E-state index is -0.157. The largest absolute Gasteiger partial charge is 0.469 e. The predicted molar refractivity (Wildman–Crippen MR) is 43.1 cm³/mol. The van der Waals surface area contributed by atoms with E-state index in [1.165, 1.54) is 7.11 Å². The van der Waals surface area contributed by atoms with E-state index < -0.39 is 0 Å². The van der Waals surface area contributed by atoms with Crippen LogP contribution in [0.25, 0.3) is 0 Å². The van der Waals surface area contributed by atoms with E-state index in [1.807, 2.05) is 0 Å². The third-order valence-corrected chi connectivity index (χ3v) is 2.39. The van der Waals surface area contributed by atoms with Crippen molar-refractivity contribution in [2.45, 2.75) is 25.7 Å². The highest BCUT2D eigenvalue weighted by Gasteiger charge is 2.27. The minimum absolute atomic E-state index is 0.0339. The zero-order chi connectivity index (χ0) is 8.97. The van der Waals surface area contributed by atoms with E-state index in [0.717, 1.165) is 19.3 Å². The van der Waals surface area contributed by atoms with Gasteiger partial charge in [0.25, 0.3) is 0 Å². The fourth-order valence-electron chi connectivity index (χ4n) is 1.69. The molecule has 0 bridgehead atoms. The second-order valence-corrected chi connectivity index (χ2v) is 3.21. The molecule has 3 nitrogen and oxygen atoms in total. The lowest BCUT2D eigenvalue weighted by atomic mass is 9.82. The van der Waals surface area contributed by atoms with Crippen molar-refractivity contribution in [3.63, 3.8) is 0 Å². The predicted octanol–water partition coefficient (Wildman–Crippen LogP) is 1.49. The van der Waals surface area contributed by atoms with Crippen molar-refractivity contribution in [3.05, 3.63) is 0 Å². The number of carbonyl (C=O) groups excluding carboxylic acids is 1. The molecule has 0 amide bonds. The summed E-state index contributed by atoms with van der Waals surface area (Å²) in [5, 5.41) is 8.66. The Labute approximate surface area is 72.3 Å². The Kier molecular flexibility index (Phi) is 3.09. The Bertz CT molecular complexity index is 207. The van der Waals surface area contributed by atoms with Gasteiger partial charge in [-0.3, -0.25) is 4.79 Å². The summed E-state index contributed by atoms with van der Waals surface area (Å²) >= 11 is 0. The summed E-state index contributed by atoms with van der Waals surface area (Å²) in [7, 11) is 1.40. The van der Waals surface area contributed by atoms with Gasteiger partial charge >= 0.3 is 5.97 Å². The Morgan fingerprint density at radius 2 is 2.33 bits per heavy atom. The normalized spacial score (nSPS) is 29.0. The molecule has 0 saturated heterocycles. The average Bonchev–Trinajstić information content (AvgIpc) is 2.17. The molecule has 12 heavy (non-hydrogen) atoms. The lowest BCUT2D eigenvalue weighted by molar-refractivity contribution is -0.146. The van der Waals surface area contributed by atoms with Crippen LogP contribution in [0, 0.1) is 23.2 Å². The maximum Gasteiger partial charge on any atom is 0.308 e. The Hall–Kier alpha value is -1.04. The molecule has 0 spiro atoms. The SMILES string of the molecule is COC(=O)C1CCCC(C#N)C1. The summed E-state index contributed by atoms with van der Waals surface area (Å²) in [6.07, 6.45) is 3.47. The number of nitriles is 1. The molecule has 1 saturated carbocycles. The van der Waals surface area contributed by atoms with Gasteiger partial charge in [0.2, 0.25) is 0 Å². The number of ether oxygens (including phenoxy) is 1. The molecule has 3 heteroatoms. The smallest absolute Gasteiger partial charge is 0.308 e. The first-order valence-electron chi connectivity index (χ1n) is 4.25. The number of hydrogen-bond donors (Lipinski definition) is 0. The monoisotopic (exact) mass is 167 g/mol. The standard InChI is InChI=1S/C9H13NO2/c1-12-9(11)8-4-2-3-7(5-8)6-10/h7-8H,2-5H2,1H3. The van der Waals surface area contributed by atoms with Crippen molar-refractivity contribution in [2.24, 2.45) is 11.8 Å². The molecule has 0 aliphatic heterocycles. The van der Waals surface area contributed by atoms with Crippen LogP contribution in [0.15, 0.2) is 0 Å². The molecule has 66 valence electrons. The van der Waals surface area contributed by atoms with Crippen molar-refractivity contribution in [1.82, 2.24) is 0 Å². The molecule has 1 rings (SSSR count). The number of nitrogens with zero attached hydrogens (tertiary/aromatic N) is 1. The molecular weight excluding hydrogens is 154 g/mol. The van der Waals surface area contributed by atoms with Crippen molar-refractivity contribution in [3.8, 4) is 6.07 Å². The van der Waals surface area contributed by atoms with E-state index in [1.54, 1.807) is 0 Å². The minimum Gasteiger partial charge on any atom is -0.469 e. The summed E-state index contributed by atoms with van der Waals surface area (Å²) < 4.78 is 4.63. The lowest BCUT2D eigenvalue weighted by Crippen LogP contribution is -2.23. The van der Waals surface area contributed by atoms with Gasteiger partial charge in [-0.2, -0.15) is 5.26 Å². The zero-order valence-electron chi connectivity index (χ0n) is 7.25. The Morgan fingerprint density at radius 3 is 2.92 bits per heavy atom. The molecular formula is C9H13NO2. The zero-order valence-corrected chi connectivity index (χ0v) is 7.25. The highest BCUT2D eigenvalue weighted by molar-refractivity contribution is 5.72. The highest BCUT2D eigenvalue weighted by atomic mass is 16.5. The van der Waals surface area contributed by atoms with E-state index in [2.05, 4.69) is 10.8 Å². The van der Waals surface area contributed by atoms with E-state index in [4.69, 9.17) is 5.26 Å². The van der Waals surface area contributed by atoms with Crippen LogP contribution in [0.1, 0.15) is 25.7 Å². The van der Waals surface area contributed by atoms with Crippen LogP contribution in [-0.2, 0) is 9.53 Å². The molecule has 0 heterocycles. The van der Waals surface area contributed by atoms with Gasteiger partial charge in [0.15, 0.2) is 0 Å². The van der Waals surface area contributed by atoms with Crippen LogP contribution in [-0.4, -0.2) is 13.1 Å². The number of methoxy groups -OCH3 is 1. The Morgan fingerprint density at radius 1 is 1.58 bits per heavy atom. The van der Waals surface area contributed by atoms with Crippen LogP contribution < -0.4 is 0 Å². The number of rotatable bonds is 1. The van der Waals surface area contributed by atoms with Crippen LogP contribution in [0.2, 0.25) is 0 Å². The molecule has 1 fully saturated rings. The summed E-state index contributed by atoms with van der Waals surface area (Å²) in [4.78, 5) is 11.1. The van der Waals surface area contributed by atoms with Gasteiger partial charge in [0.1, 0.15) is 0 Å². The molecule has 1 aliphatic carbocycles. The first-order valence-corrected chi connectivity index (χ1v) is 4.25. The molecule has 1 aliphatic rings. The van der Waals surface area contributed by atoms with E-state index in [-0.39, 0.29) is 17.8 Å². The quantitative estimate of drug-likeness (QED) is 0.556. The number of hydrogen-bond acceptors (Lipinski definition) is 3.